The van der Waals surface area contributed by atoms with E-state index < -0.39 is 5.97 Å². The molecule has 20 heavy (non-hydrogen) atoms. The average molecular weight is 280 g/mol. The molecule has 0 radical (unpaired) electrons. The van der Waals surface area contributed by atoms with Crippen LogP contribution in [0.25, 0.3) is 0 Å². The largest absolute Gasteiger partial charge is 0.496 e. The van der Waals surface area contributed by atoms with Crippen LogP contribution < -0.4 is 15.4 Å². The summed E-state index contributed by atoms with van der Waals surface area (Å²) in [5.74, 6) is -0.155. The molecule has 0 aliphatic rings. The predicted molar refractivity (Wildman–Crippen MR) is 76.4 cm³/mol. The Hall–Kier alpha value is -2.24. The molecule has 0 spiro atoms. The first kappa shape index (κ1) is 15.8. The fraction of sp³-hybridized carbons (Fsp3) is 0.429. The zero-order chi connectivity index (χ0) is 15.1. The fourth-order valence-electron chi connectivity index (χ4n) is 1.78. The first-order valence-electron chi connectivity index (χ1n) is 6.36. The Morgan fingerprint density at radius 2 is 2.00 bits per heavy atom. The highest BCUT2D eigenvalue weighted by Crippen LogP contribution is 2.27. The maximum Gasteiger partial charge on any atom is 0.319 e. The van der Waals surface area contributed by atoms with E-state index in [2.05, 4.69) is 10.6 Å². The fourth-order valence-corrected chi connectivity index (χ4v) is 1.78. The van der Waals surface area contributed by atoms with Gasteiger partial charge in [-0.05, 0) is 38.0 Å². The molecule has 0 unspecified atom stereocenters. The van der Waals surface area contributed by atoms with E-state index >= 15 is 0 Å². The van der Waals surface area contributed by atoms with Crippen LogP contribution in [0.2, 0.25) is 0 Å². The molecular weight excluding hydrogens is 260 g/mol. The highest BCUT2D eigenvalue weighted by Gasteiger charge is 2.09. The van der Waals surface area contributed by atoms with E-state index in [4.69, 9.17) is 9.84 Å². The summed E-state index contributed by atoms with van der Waals surface area (Å²) in [7, 11) is 1.58. The van der Waals surface area contributed by atoms with Gasteiger partial charge in [0.1, 0.15) is 5.75 Å². The van der Waals surface area contributed by atoms with Gasteiger partial charge in [0.15, 0.2) is 0 Å². The summed E-state index contributed by atoms with van der Waals surface area (Å²) in [6, 6.07) is 3.39. The minimum absolute atomic E-state index is 0.0393. The molecule has 3 N–H and O–H groups in total. The lowest BCUT2D eigenvalue weighted by Crippen LogP contribution is -2.30. The summed E-state index contributed by atoms with van der Waals surface area (Å²) in [6.45, 7) is 4.09. The highest BCUT2D eigenvalue weighted by atomic mass is 16.5. The van der Waals surface area contributed by atoms with Crippen molar-refractivity contribution >= 4 is 17.7 Å². The molecule has 1 aromatic carbocycles. The number of hydrogen-bond donors (Lipinski definition) is 3. The zero-order valence-corrected chi connectivity index (χ0v) is 11.9. The Morgan fingerprint density at radius 3 is 2.60 bits per heavy atom. The van der Waals surface area contributed by atoms with Crippen molar-refractivity contribution in [3.05, 3.63) is 23.3 Å². The summed E-state index contributed by atoms with van der Waals surface area (Å²) in [5, 5.41) is 13.8. The number of ether oxygens (including phenoxy) is 1. The minimum Gasteiger partial charge on any atom is -0.496 e. The van der Waals surface area contributed by atoms with E-state index in [-0.39, 0.29) is 12.5 Å². The van der Waals surface area contributed by atoms with E-state index in [0.717, 1.165) is 11.1 Å². The molecule has 2 amide bonds. The summed E-state index contributed by atoms with van der Waals surface area (Å²) >= 11 is 0. The van der Waals surface area contributed by atoms with Gasteiger partial charge in [0.05, 0.1) is 7.11 Å². The third kappa shape index (κ3) is 4.79. The van der Waals surface area contributed by atoms with Crippen molar-refractivity contribution in [1.29, 1.82) is 0 Å². The maximum atomic E-state index is 11.7. The molecule has 6 nitrogen and oxygen atoms in total. The lowest BCUT2D eigenvalue weighted by atomic mass is 10.1. The van der Waals surface area contributed by atoms with Crippen molar-refractivity contribution < 1.29 is 19.4 Å². The molecule has 0 fully saturated rings. The predicted octanol–water partition coefficient (Wildman–Crippen LogP) is 2.30. The molecule has 1 rings (SSSR count). The van der Waals surface area contributed by atoms with Gasteiger partial charge in [0.2, 0.25) is 0 Å². The topological polar surface area (TPSA) is 87.7 Å². The molecule has 110 valence electrons. The van der Waals surface area contributed by atoms with E-state index in [1.807, 2.05) is 26.0 Å². The number of carboxylic acids is 1. The van der Waals surface area contributed by atoms with Crippen molar-refractivity contribution in [2.75, 3.05) is 19.0 Å². The van der Waals surface area contributed by atoms with Crippen LogP contribution in [0.15, 0.2) is 12.1 Å². The van der Waals surface area contributed by atoms with Crippen molar-refractivity contribution in [3.63, 3.8) is 0 Å². The second kappa shape index (κ2) is 7.37. The van der Waals surface area contributed by atoms with Gasteiger partial charge < -0.3 is 20.5 Å². The number of nitrogens with one attached hydrogen (secondary N) is 2. The summed E-state index contributed by atoms with van der Waals surface area (Å²) < 4.78 is 5.24. The van der Waals surface area contributed by atoms with Crippen LogP contribution in [0, 0.1) is 13.8 Å². The van der Waals surface area contributed by atoms with Gasteiger partial charge in [-0.15, -0.1) is 0 Å². The van der Waals surface area contributed by atoms with Crippen LogP contribution in [-0.2, 0) is 4.79 Å². The number of urea groups is 1. The maximum absolute atomic E-state index is 11.7. The van der Waals surface area contributed by atoms with Crippen LogP contribution >= 0.6 is 0 Å². The summed E-state index contributed by atoms with van der Waals surface area (Å²) in [4.78, 5) is 22.1. The molecule has 1 aromatic rings. The second-order valence-electron chi connectivity index (χ2n) is 4.52. The monoisotopic (exact) mass is 280 g/mol. The number of benzene rings is 1. The average Bonchev–Trinajstić information content (AvgIpc) is 2.38. The number of aryl methyl sites for hydroxylation is 1. The normalized spacial score (nSPS) is 9.95. The Morgan fingerprint density at radius 1 is 1.30 bits per heavy atom. The number of hydrogen-bond acceptors (Lipinski definition) is 3. The molecule has 0 atom stereocenters. The first-order valence-corrected chi connectivity index (χ1v) is 6.36. The van der Waals surface area contributed by atoms with Crippen LogP contribution in [0.4, 0.5) is 10.5 Å². The third-order valence-electron chi connectivity index (χ3n) is 2.83. The molecule has 0 aromatic heterocycles. The van der Waals surface area contributed by atoms with Crippen LogP contribution in [0.5, 0.6) is 5.75 Å². The number of aliphatic carboxylic acids is 1. The lowest BCUT2D eigenvalue weighted by molar-refractivity contribution is -0.137. The highest BCUT2D eigenvalue weighted by molar-refractivity contribution is 5.90. The SMILES string of the molecule is COc1cc(C)cc(NC(=O)NCCCC(=O)O)c1C. The molecule has 0 aliphatic heterocycles. The van der Waals surface area contributed by atoms with Crippen molar-refractivity contribution in [2.24, 2.45) is 0 Å². The Bertz CT molecular complexity index is 500. The third-order valence-corrected chi connectivity index (χ3v) is 2.83. The Kier molecular flexibility index (Phi) is 5.83. The van der Waals surface area contributed by atoms with Crippen molar-refractivity contribution in [2.45, 2.75) is 26.7 Å². The van der Waals surface area contributed by atoms with Crippen molar-refractivity contribution in [3.8, 4) is 5.75 Å². The van der Waals surface area contributed by atoms with Gasteiger partial charge in [-0.25, -0.2) is 4.79 Å². The van der Waals surface area contributed by atoms with Gasteiger partial charge in [0.25, 0.3) is 0 Å². The molecule has 6 heteroatoms. The minimum atomic E-state index is -0.869. The van der Waals surface area contributed by atoms with E-state index in [9.17, 15) is 9.59 Å². The van der Waals surface area contributed by atoms with Crippen LogP contribution in [0.1, 0.15) is 24.0 Å². The molecule has 0 saturated heterocycles. The van der Waals surface area contributed by atoms with Crippen molar-refractivity contribution in [1.82, 2.24) is 5.32 Å². The van der Waals surface area contributed by atoms with E-state index in [1.54, 1.807) is 7.11 Å². The smallest absolute Gasteiger partial charge is 0.319 e. The molecule has 0 bridgehead atoms. The molecule has 0 saturated carbocycles. The number of rotatable bonds is 6. The van der Waals surface area contributed by atoms with Crippen LogP contribution in [-0.4, -0.2) is 30.8 Å². The van der Waals surface area contributed by atoms with Gasteiger partial charge in [-0.1, -0.05) is 0 Å². The number of carboxylic acid groups (broad SMARTS) is 1. The molecular formula is C14H20N2O4. The Balaban J connectivity index is 2.57. The standard InChI is InChI=1S/C14H20N2O4/c1-9-7-11(10(2)12(8-9)20-3)16-14(19)15-6-4-5-13(17)18/h7-8H,4-6H2,1-3H3,(H,17,18)(H2,15,16,19). The van der Waals surface area contributed by atoms with E-state index in [0.29, 0.717) is 24.4 Å². The van der Waals surface area contributed by atoms with Crippen LogP contribution in [0.3, 0.4) is 0 Å². The van der Waals surface area contributed by atoms with Gasteiger partial charge in [0, 0.05) is 24.2 Å². The lowest BCUT2D eigenvalue weighted by Gasteiger charge is -2.13. The van der Waals surface area contributed by atoms with Gasteiger partial charge in [-0.3, -0.25) is 4.79 Å². The summed E-state index contributed by atoms with van der Waals surface area (Å²) in [6.07, 6.45) is 0.441. The Labute approximate surface area is 118 Å². The number of methoxy groups -OCH3 is 1. The number of amides is 2. The number of carbonyl (C=O) groups excluding carboxylic acids is 1. The second-order valence-corrected chi connectivity index (χ2v) is 4.52. The van der Waals surface area contributed by atoms with E-state index in [1.165, 1.54) is 0 Å². The molecule has 0 heterocycles. The van der Waals surface area contributed by atoms with Gasteiger partial charge >= 0.3 is 12.0 Å². The van der Waals surface area contributed by atoms with Gasteiger partial charge in [-0.2, -0.15) is 0 Å². The zero-order valence-electron chi connectivity index (χ0n) is 11.9. The number of anilines is 1. The quantitative estimate of drug-likeness (QED) is 0.698. The molecule has 0 aliphatic carbocycles. The number of carbonyl (C=O) groups is 2. The first-order chi connectivity index (χ1) is 9.43. The summed E-state index contributed by atoms with van der Waals surface area (Å²) in [5.41, 5.74) is 2.50.